The molecular weight excluding hydrogens is 389 g/mol. The van der Waals surface area contributed by atoms with Crippen LogP contribution < -0.4 is 4.90 Å². The summed E-state index contributed by atoms with van der Waals surface area (Å²) in [4.78, 5) is 30.7. The molecule has 0 aliphatic carbocycles. The highest BCUT2D eigenvalue weighted by Gasteiger charge is 2.37. The van der Waals surface area contributed by atoms with E-state index in [-0.39, 0.29) is 43.0 Å². The van der Waals surface area contributed by atoms with E-state index in [1.54, 1.807) is 4.90 Å². The molecule has 1 amide bonds. The zero-order valence-corrected chi connectivity index (χ0v) is 16.6. The maximum atomic E-state index is 13.0. The van der Waals surface area contributed by atoms with Gasteiger partial charge in [0.1, 0.15) is 5.82 Å². The van der Waals surface area contributed by atoms with Gasteiger partial charge >= 0.3 is 5.97 Å². The number of carbonyl (C=O) groups excluding carboxylic acids is 2. The highest BCUT2D eigenvalue weighted by molar-refractivity contribution is 6.00. The fourth-order valence-electron chi connectivity index (χ4n) is 3.41. The maximum Gasteiger partial charge on any atom is 0.311 e. The number of carbonyl (C=O) groups is 2. The number of ether oxygens (including phenoxy) is 1. The van der Waals surface area contributed by atoms with Crippen LogP contribution in [0.1, 0.15) is 23.4 Å². The van der Waals surface area contributed by atoms with Gasteiger partial charge in [-0.15, -0.1) is 0 Å². The summed E-state index contributed by atoms with van der Waals surface area (Å²) in [5.41, 5.74) is 3.50. The fourth-order valence-corrected chi connectivity index (χ4v) is 3.41. The largest absolute Gasteiger partial charge is 0.455 e. The highest BCUT2D eigenvalue weighted by Crippen LogP contribution is 2.30. The van der Waals surface area contributed by atoms with E-state index in [1.165, 1.54) is 24.3 Å². The normalized spacial score (nSPS) is 16.2. The van der Waals surface area contributed by atoms with Crippen molar-refractivity contribution in [1.29, 1.82) is 0 Å². The Kier molecular flexibility index (Phi) is 5.31. The molecule has 1 aliphatic rings. The van der Waals surface area contributed by atoms with Crippen LogP contribution in [0.15, 0.2) is 47.0 Å². The molecule has 8 heteroatoms. The van der Waals surface area contributed by atoms with E-state index in [1.807, 2.05) is 32.0 Å². The first-order chi connectivity index (χ1) is 14.4. The highest BCUT2D eigenvalue weighted by atomic mass is 19.1. The molecular formula is C22H20FN3O4. The van der Waals surface area contributed by atoms with Gasteiger partial charge in [-0.05, 0) is 55.3 Å². The molecule has 0 N–H and O–H groups in total. The van der Waals surface area contributed by atoms with Crippen molar-refractivity contribution in [2.45, 2.75) is 26.9 Å². The molecule has 1 fully saturated rings. The number of esters is 1. The summed E-state index contributed by atoms with van der Waals surface area (Å²) in [6.45, 7) is 4.02. The van der Waals surface area contributed by atoms with E-state index >= 15 is 0 Å². The smallest absolute Gasteiger partial charge is 0.311 e. The van der Waals surface area contributed by atoms with Crippen LogP contribution in [0.3, 0.4) is 0 Å². The Morgan fingerprint density at radius 2 is 2.00 bits per heavy atom. The Balaban J connectivity index is 1.37. The predicted molar refractivity (Wildman–Crippen MR) is 106 cm³/mol. The van der Waals surface area contributed by atoms with E-state index in [0.717, 1.165) is 16.8 Å². The monoisotopic (exact) mass is 409 g/mol. The molecule has 2 aromatic carbocycles. The van der Waals surface area contributed by atoms with Gasteiger partial charge in [0, 0.05) is 24.2 Å². The summed E-state index contributed by atoms with van der Waals surface area (Å²) in [7, 11) is 0. The maximum absolute atomic E-state index is 13.0. The van der Waals surface area contributed by atoms with Crippen molar-refractivity contribution in [1.82, 2.24) is 10.1 Å². The topological polar surface area (TPSA) is 85.5 Å². The molecule has 30 heavy (non-hydrogen) atoms. The van der Waals surface area contributed by atoms with Crippen molar-refractivity contribution in [2.75, 3.05) is 11.4 Å². The number of aryl methyl sites for hydroxylation is 1. The standard InChI is InChI=1S/C22H20FN3O4/c1-13-4-3-5-18(14(13)2)26-11-16(10-20(26)27)22(28)29-12-19-24-21(25-30-19)15-6-8-17(23)9-7-15/h3-9,16H,10-12H2,1-2H3/t16-/m0/s1. The molecule has 7 nitrogen and oxygen atoms in total. The van der Waals surface area contributed by atoms with Crippen LogP contribution in [0, 0.1) is 25.6 Å². The van der Waals surface area contributed by atoms with E-state index in [4.69, 9.17) is 9.26 Å². The number of hydrogen-bond donors (Lipinski definition) is 0. The van der Waals surface area contributed by atoms with E-state index in [9.17, 15) is 14.0 Å². The molecule has 1 saturated heterocycles. The van der Waals surface area contributed by atoms with Gasteiger partial charge in [0.2, 0.25) is 11.7 Å². The molecule has 0 bridgehead atoms. The number of nitrogens with zero attached hydrogens (tertiary/aromatic N) is 3. The number of anilines is 1. The molecule has 4 rings (SSSR count). The molecule has 1 atom stereocenters. The van der Waals surface area contributed by atoms with Gasteiger partial charge in [-0.25, -0.2) is 4.39 Å². The van der Waals surface area contributed by atoms with Crippen molar-refractivity contribution in [3.8, 4) is 11.4 Å². The molecule has 0 radical (unpaired) electrons. The number of hydrogen-bond acceptors (Lipinski definition) is 6. The van der Waals surface area contributed by atoms with Crippen molar-refractivity contribution < 1.29 is 23.2 Å². The third-order valence-corrected chi connectivity index (χ3v) is 5.23. The number of rotatable bonds is 5. The van der Waals surface area contributed by atoms with E-state index in [2.05, 4.69) is 10.1 Å². The third kappa shape index (κ3) is 3.94. The minimum absolute atomic E-state index is 0.0941. The predicted octanol–water partition coefficient (Wildman–Crippen LogP) is 3.59. The Morgan fingerprint density at radius 1 is 1.23 bits per heavy atom. The fraction of sp³-hybridized carbons (Fsp3) is 0.273. The van der Waals surface area contributed by atoms with E-state index < -0.39 is 11.9 Å². The minimum atomic E-state index is -0.558. The molecule has 0 saturated carbocycles. The summed E-state index contributed by atoms with van der Waals surface area (Å²) >= 11 is 0. The second kappa shape index (κ2) is 8.06. The lowest BCUT2D eigenvalue weighted by Gasteiger charge is -2.20. The second-order valence-electron chi connectivity index (χ2n) is 7.25. The molecule has 1 aliphatic heterocycles. The summed E-state index contributed by atoms with van der Waals surface area (Å²) in [5.74, 6) is -1.12. The van der Waals surface area contributed by atoms with Crippen LogP contribution in [0.2, 0.25) is 0 Å². The first-order valence-electron chi connectivity index (χ1n) is 9.54. The van der Waals surface area contributed by atoms with Crippen LogP contribution in [0.25, 0.3) is 11.4 Å². The molecule has 1 aromatic heterocycles. The van der Waals surface area contributed by atoms with Crippen molar-refractivity contribution in [3.63, 3.8) is 0 Å². The average molecular weight is 409 g/mol. The molecule has 154 valence electrons. The van der Waals surface area contributed by atoms with Crippen LogP contribution in [-0.4, -0.2) is 28.6 Å². The van der Waals surface area contributed by atoms with E-state index in [0.29, 0.717) is 5.56 Å². The lowest BCUT2D eigenvalue weighted by atomic mass is 10.1. The Hall–Kier alpha value is -3.55. The Bertz CT molecular complexity index is 1090. The van der Waals surface area contributed by atoms with Gasteiger partial charge in [0.05, 0.1) is 5.92 Å². The summed E-state index contributed by atoms with van der Waals surface area (Å²) in [5, 5.41) is 3.81. The van der Waals surface area contributed by atoms with Crippen LogP contribution in [0.4, 0.5) is 10.1 Å². The number of halogens is 1. The SMILES string of the molecule is Cc1cccc(N2C[C@@H](C(=O)OCc3nc(-c4ccc(F)cc4)no3)CC2=O)c1C. The van der Waals surface area contributed by atoms with Crippen molar-refractivity contribution in [3.05, 3.63) is 65.3 Å². The minimum Gasteiger partial charge on any atom is -0.455 e. The summed E-state index contributed by atoms with van der Waals surface area (Å²) in [6.07, 6.45) is 0.0941. The van der Waals surface area contributed by atoms with Crippen LogP contribution >= 0.6 is 0 Å². The van der Waals surface area contributed by atoms with Gasteiger partial charge in [-0.1, -0.05) is 17.3 Å². The van der Waals surface area contributed by atoms with Crippen molar-refractivity contribution in [2.24, 2.45) is 5.92 Å². The van der Waals surface area contributed by atoms with Crippen molar-refractivity contribution >= 4 is 17.6 Å². The summed E-state index contributed by atoms with van der Waals surface area (Å²) in [6, 6.07) is 11.4. The van der Waals surface area contributed by atoms with Gasteiger partial charge in [0.15, 0.2) is 6.61 Å². The summed E-state index contributed by atoms with van der Waals surface area (Å²) < 4.78 is 23.4. The number of amides is 1. The van der Waals surface area contributed by atoms with Gasteiger partial charge in [0.25, 0.3) is 5.89 Å². The number of aromatic nitrogens is 2. The third-order valence-electron chi connectivity index (χ3n) is 5.23. The Morgan fingerprint density at radius 3 is 2.77 bits per heavy atom. The second-order valence-corrected chi connectivity index (χ2v) is 7.25. The zero-order valence-electron chi connectivity index (χ0n) is 16.6. The molecule has 0 spiro atoms. The first-order valence-corrected chi connectivity index (χ1v) is 9.54. The first kappa shape index (κ1) is 19.8. The lowest BCUT2D eigenvalue weighted by molar-refractivity contribution is -0.150. The molecule has 0 unspecified atom stereocenters. The van der Waals surface area contributed by atoms with Crippen LogP contribution in [0.5, 0.6) is 0 Å². The Labute approximate surface area is 172 Å². The molecule has 2 heterocycles. The zero-order chi connectivity index (χ0) is 21.3. The van der Waals surface area contributed by atoms with Gasteiger partial charge in [-0.2, -0.15) is 4.98 Å². The average Bonchev–Trinajstić information content (AvgIpc) is 3.36. The van der Waals surface area contributed by atoms with Crippen LogP contribution in [-0.2, 0) is 20.9 Å². The molecule has 3 aromatic rings. The number of benzene rings is 2. The van der Waals surface area contributed by atoms with Gasteiger partial charge < -0.3 is 14.2 Å². The van der Waals surface area contributed by atoms with Gasteiger partial charge in [-0.3, -0.25) is 9.59 Å². The quantitative estimate of drug-likeness (QED) is 0.599. The lowest BCUT2D eigenvalue weighted by Crippen LogP contribution is -2.27.